The van der Waals surface area contributed by atoms with Gasteiger partial charge in [0.2, 0.25) is 0 Å². The summed E-state index contributed by atoms with van der Waals surface area (Å²) in [4.78, 5) is 30.1. The Bertz CT molecular complexity index is 1190. The van der Waals surface area contributed by atoms with Gasteiger partial charge in [0.15, 0.2) is 12.6 Å². The highest BCUT2D eigenvalue weighted by molar-refractivity contribution is 5.83. The van der Waals surface area contributed by atoms with E-state index in [1.165, 1.54) is 21.1 Å². The van der Waals surface area contributed by atoms with Gasteiger partial charge in [-0.15, -0.1) is 0 Å². The lowest BCUT2D eigenvalue weighted by Gasteiger charge is -2.50. The number of carbonyl (C=O) groups excluding carboxylic acids is 2. The largest absolute Gasteiger partial charge is 0.459 e. The van der Waals surface area contributed by atoms with Crippen molar-refractivity contribution in [3.8, 4) is 0 Å². The highest BCUT2D eigenvalue weighted by Gasteiger charge is 2.54. The average molecular weight is 748 g/mol. The van der Waals surface area contributed by atoms with Gasteiger partial charge in [0.1, 0.15) is 29.7 Å². The van der Waals surface area contributed by atoms with Gasteiger partial charge < -0.3 is 58.5 Å². The third-order valence-corrected chi connectivity index (χ3v) is 12.3. The monoisotopic (exact) mass is 747 g/mol. The number of hydrogen-bond acceptors (Lipinski definition) is 14. The smallest absolute Gasteiger partial charge is 0.311 e. The van der Waals surface area contributed by atoms with E-state index in [0.717, 1.165) is 0 Å². The molecule has 3 aliphatic rings. The zero-order valence-corrected chi connectivity index (χ0v) is 33.9. The molecule has 0 saturated carbocycles. The van der Waals surface area contributed by atoms with Gasteiger partial charge in [-0.05, 0) is 74.9 Å². The van der Waals surface area contributed by atoms with Crippen LogP contribution in [0.25, 0.3) is 0 Å². The minimum absolute atomic E-state index is 0.111. The maximum absolute atomic E-state index is 14.2. The van der Waals surface area contributed by atoms with Crippen molar-refractivity contribution in [3.63, 3.8) is 0 Å². The Hall–Kier alpha value is -1.30. The molecule has 4 N–H and O–H groups in total. The summed E-state index contributed by atoms with van der Waals surface area (Å²) in [6, 6.07) is -0.283. The fourth-order valence-electron chi connectivity index (χ4n) is 8.58. The summed E-state index contributed by atoms with van der Waals surface area (Å²) in [6.45, 7) is 17.1. The predicted molar refractivity (Wildman–Crippen MR) is 191 cm³/mol. The van der Waals surface area contributed by atoms with Crippen LogP contribution in [0.15, 0.2) is 0 Å². The molecule has 0 spiro atoms. The fraction of sp³-hybridized carbons (Fsp3) is 0.947. The summed E-state index contributed by atoms with van der Waals surface area (Å²) in [5.41, 5.74) is -4.24. The van der Waals surface area contributed by atoms with Crippen LogP contribution >= 0.6 is 0 Å². The van der Waals surface area contributed by atoms with Crippen LogP contribution in [0.3, 0.4) is 0 Å². The molecule has 18 atom stereocenters. The number of hydrogen-bond donors (Lipinski definition) is 4. The molecule has 0 aromatic carbocycles. The van der Waals surface area contributed by atoms with E-state index in [9.17, 15) is 30.0 Å². The summed E-state index contributed by atoms with van der Waals surface area (Å²) >= 11 is 0. The molecule has 14 nitrogen and oxygen atoms in total. The van der Waals surface area contributed by atoms with Crippen molar-refractivity contribution >= 4 is 11.8 Å². The van der Waals surface area contributed by atoms with Crippen LogP contribution in [0.2, 0.25) is 0 Å². The second-order valence-corrected chi connectivity index (χ2v) is 16.6. The first-order valence-electron chi connectivity index (χ1n) is 18.9. The third kappa shape index (κ3) is 9.38. The number of likely N-dealkylation sites (N-methyl/N-ethyl adjacent to an activating group) is 1. The highest BCUT2D eigenvalue weighted by atomic mass is 16.7. The zero-order chi connectivity index (χ0) is 39.7. The van der Waals surface area contributed by atoms with Crippen molar-refractivity contribution in [1.82, 2.24) is 4.90 Å². The Balaban J connectivity index is 2.22. The van der Waals surface area contributed by atoms with E-state index < -0.39 is 102 Å². The van der Waals surface area contributed by atoms with E-state index in [4.69, 9.17) is 33.2 Å². The minimum Gasteiger partial charge on any atom is -0.459 e. The normalized spacial score (nSPS) is 49.0. The zero-order valence-electron chi connectivity index (χ0n) is 33.9. The minimum atomic E-state index is -1.96. The second kappa shape index (κ2) is 17.7. The van der Waals surface area contributed by atoms with Gasteiger partial charge in [0.25, 0.3) is 0 Å². The van der Waals surface area contributed by atoms with Crippen LogP contribution in [-0.4, -0.2) is 150 Å². The number of aliphatic hydroxyl groups is 4. The topological polar surface area (TPSA) is 183 Å². The molecular formula is C38H69NO13. The van der Waals surface area contributed by atoms with Crippen LogP contribution in [0, 0.1) is 23.7 Å². The van der Waals surface area contributed by atoms with E-state index in [0.29, 0.717) is 6.42 Å². The molecule has 0 radical (unpaired) electrons. The van der Waals surface area contributed by atoms with Crippen molar-refractivity contribution in [3.05, 3.63) is 0 Å². The first kappa shape index (κ1) is 45.1. The first-order valence-corrected chi connectivity index (χ1v) is 18.9. The van der Waals surface area contributed by atoms with Crippen molar-refractivity contribution in [2.24, 2.45) is 23.7 Å². The highest BCUT2D eigenvalue weighted by Crippen LogP contribution is 2.41. The van der Waals surface area contributed by atoms with Crippen LogP contribution in [0.1, 0.15) is 94.9 Å². The Morgan fingerprint density at radius 2 is 1.44 bits per heavy atom. The van der Waals surface area contributed by atoms with Gasteiger partial charge in [0.05, 0.1) is 47.6 Å². The summed E-state index contributed by atoms with van der Waals surface area (Å²) in [6.07, 6.45) is -8.73. The van der Waals surface area contributed by atoms with Gasteiger partial charge in [-0.2, -0.15) is 0 Å². The van der Waals surface area contributed by atoms with Crippen molar-refractivity contribution in [2.45, 2.75) is 179 Å². The van der Waals surface area contributed by atoms with Gasteiger partial charge in [0, 0.05) is 44.4 Å². The molecule has 3 rings (SSSR count). The summed E-state index contributed by atoms with van der Waals surface area (Å²) < 4.78 is 43.9. The number of rotatable bonds is 8. The number of carbonyl (C=O) groups is 2. The molecular weight excluding hydrogens is 678 g/mol. The fourth-order valence-corrected chi connectivity index (χ4v) is 8.58. The Morgan fingerprint density at radius 3 is 1.98 bits per heavy atom. The molecule has 3 fully saturated rings. The number of ether oxygens (including phenoxy) is 7. The van der Waals surface area contributed by atoms with Crippen molar-refractivity contribution in [1.29, 1.82) is 0 Å². The molecule has 0 aromatic rings. The molecule has 14 heteroatoms. The average Bonchev–Trinajstić information content (AvgIpc) is 3.09. The Morgan fingerprint density at radius 1 is 0.846 bits per heavy atom. The number of nitrogens with zero attached hydrogens (tertiary/aromatic N) is 1. The van der Waals surface area contributed by atoms with Gasteiger partial charge in [-0.25, -0.2) is 0 Å². The molecule has 52 heavy (non-hydrogen) atoms. The molecule has 304 valence electrons. The van der Waals surface area contributed by atoms with Gasteiger partial charge in [-0.1, -0.05) is 27.7 Å². The van der Waals surface area contributed by atoms with E-state index in [1.807, 2.05) is 32.8 Å². The van der Waals surface area contributed by atoms with Crippen LogP contribution in [0.5, 0.6) is 0 Å². The summed E-state index contributed by atoms with van der Waals surface area (Å²) in [5.74, 6) is -4.47. The molecule has 0 amide bonds. The molecule has 0 bridgehead atoms. The van der Waals surface area contributed by atoms with Crippen molar-refractivity contribution < 1.29 is 63.2 Å². The van der Waals surface area contributed by atoms with E-state index >= 15 is 0 Å². The number of cyclic esters (lactones) is 1. The quantitative estimate of drug-likeness (QED) is 0.266. The maximum Gasteiger partial charge on any atom is 0.311 e. The van der Waals surface area contributed by atoms with E-state index in [2.05, 4.69) is 0 Å². The van der Waals surface area contributed by atoms with Crippen LogP contribution in [0.4, 0.5) is 0 Å². The molecule has 5 unspecified atom stereocenters. The van der Waals surface area contributed by atoms with E-state index in [1.54, 1.807) is 48.5 Å². The molecule has 3 aliphatic heterocycles. The number of Topliss-reactive ketones (excluding diaryl/α,β-unsaturated/α-hetero) is 1. The molecule has 0 aromatic heterocycles. The second-order valence-electron chi connectivity index (χ2n) is 16.6. The maximum atomic E-state index is 14.2. The Kier molecular flexibility index (Phi) is 15.3. The molecule has 0 aliphatic carbocycles. The molecule has 3 saturated heterocycles. The number of aliphatic hydroxyl groups excluding tert-OH is 3. The third-order valence-electron chi connectivity index (χ3n) is 12.3. The lowest BCUT2D eigenvalue weighted by Crippen LogP contribution is -2.61. The van der Waals surface area contributed by atoms with Crippen LogP contribution in [-0.2, 0) is 42.7 Å². The van der Waals surface area contributed by atoms with Gasteiger partial charge in [-0.3, -0.25) is 9.59 Å². The summed E-state index contributed by atoms with van der Waals surface area (Å²) in [5, 5.41) is 45.6. The van der Waals surface area contributed by atoms with Crippen LogP contribution < -0.4 is 0 Å². The molecule has 3 heterocycles. The lowest BCUT2D eigenvalue weighted by molar-refractivity contribution is -0.319. The first-order chi connectivity index (χ1) is 24.0. The lowest BCUT2D eigenvalue weighted by atomic mass is 9.74. The number of methoxy groups -OCH3 is 2. The Labute approximate surface area is 310 Å². The SMILES string of the molecule is CCC1OC(=O)[C@H](C)[C@@H](O[C@H]2C[C@](C)(OC)[C@@H](O)C(C)O2)[C@H](C)[C@@H](O[C@@H]2OC(C)CC(N(C)C)C2O)[C@](C)(OC)C[C@@H](C)C(=O)[C@H](C)[C@@H](O)[C@]1(C)O. The number of ketones is 1. The van der Waals surface area contributed by atoms with Crippen molar-refractivity contribution in [2.75, 3.05) is 28.3 Å². The summed E-state index contributed by atoms with van der Waals surface area (Å²) in [7, 11) is 6.77. The predicted octanol–water partition coefficient (Wildman–Crippen LogP) is 2.44. The van der Waals surface area contributed by atoms with E-state index in [-0.39, 0.29) is 37.2 Å². The van der Waals surface area contributed by atoms with Gasteiger partial charge >= 0.3 is 5.97 Å². The standard InChI is InChI=1S/C38H69NO13/c1-15-26-38(10,45)31(42)21(4)28(40)19(2)17-37(9,47-14)33(52-35-29(41)25(39(11)12)16-20(3)48-35)22(5)30(23(6)34(44)50-26)51-27-18-36(8,46-13)32(43)24(7)49-27/h19-27,29-33,35,41-43,45H,15-18H2,1-14H3/t19-,20?,21+,22+,23-,24?,25?,26?,27+,29?,30+,31-,32+,33-,35+,36+,37-,38-/m1/s1. The number of esters is 1.